The Morgan fingerprint density at radius 2 is 1.69 bits per heavy atom. The van der Waals surface area contributed by atoms with E-state index < -0.39 is 64.9 Å². The molecular weight excluding hydrogens is 1100 g/mol. The molecule has 4 aromatic carbocycles. The van der Waals surface area contributed by atoms with Crippen LogP contribution in [0.4, 0.5) is 32.8 Å². The lowest BCUT2D eigenvalue weighted by Gasteiger charge is -2.35. The van der Waals surface area contributed by atoms with Crippen LogP contribution in [0.25, 0.3) is 43.2 Å². The third kappa shape index (κ3) is 11.1. The number of carbonyl (C=O) groups is 2. The van der Waals surface area contributed by atoms with E-state index in [4.69, 9.17) is 36.3 Å². The zero-order valence-electron chi connectivity index (χ0n) is 44.5. The number of rotatable bonds is 16. The Labute approximate surface area is 471 Å². The van der Waals surface area contributed by atoms with Crippen LogP contribution >= 0.6 is 22.9 Å². The molecule has 4 aliphatic rings. The number of hydrogen-bond acceptors (Lipinski definition) is 15. The first kappa shape index (κ1) is 55.7. The van der Waals surface area contributed by atoms with E-state index in [0.29, 0.717) is 55.1 Å². The average Bonchev–Trinajstić information content (AvgIpc) is 4.44. The van der Waals surface area contributed by atoms with Crippen molar-refractivity contribution in [2.24, 2.45) is 5.92 Å². The van der Waals surface area contributed by atoms with Crippen molar-refractivity contribution in [3.63, 3.8) is 0 Å². The van der Waals surface area contributed by atoms with Gasteiger partial charge in [0.2, 0.25) is 11.8 Å². The highest BCUT2D eigenvalue weighted by molar-refractivity contribution is 7.23. The number of piperidine rings is 1. The summed E-state index contributed by atoms with van der Waals surface area (Å²) in [5.41, 5.74) is 5.28. The van der Waals surface area contributed by atoms with Gasteiger partial charge in [-0.1, -0.05) is 61.8 Å². The van der Waals surface area contributed by atoms with E-state index in [1.165, 1.54) is 41.3 Å². The molecule has 0 radical (unpaired) electrons. The minimum Gasteiger partial charge on any atom is -0.472 e. The number of fused-ring (bicyclic) bond motifs is 4. The van der Waals surface area contributed by atoms with Crippen molar-refractivity contribution in [2.45, 2.75) is 94.7 Å². The van der Waals surface area contributed by atoms with E-state index in [2.05, 4.69) is 25.7 Å². The van der Waals surface area contributed by atoms with E-state index in [1.807, 2.05) is 11.0 Å². The smallest absolute Gasteiger partial charge is 0.319 e. The second-order valence-corrected chi connectivity index (χ2v) is 23.3. The number of nitrogens with one attached hydrogen (secondary N) is 2. The lowest BCUT2D eigenvalue weighted by molar-refractivity contribution is -0.141. The number of thiophene rings is 1. The zero-order chi connectivity index (χ0) is 57.0. The molecule has 0 aliphatic carbocycles. The molecule has 0 saturated carbocycles. The van der Waals surface area contributed by atoms with Gasteiger partial charge in [0.1, 0.15) is 70.7 Å². The lowest BCUT2D eigenvalue weighted by atomic mass is 9.91. The number of likely N-dealkylation sites (tertiary alicyclic amines) is 2. The molecule has 2 bridgehead atoms. The number of benzene rings is 4. The molecule has 4 fully saturated rings. The molecule has 424 valence electrons. The van der Waals surface area contributed by atoms with Crippen molar-refractivity contribution >= 4 is 66.6 Å². The number of amides is 2. The minimum atomic E-state index is -1.73. The van der Waals surface area contributed by atoms with Gasteiger partial charge < -0.3 is 45.3 Å². The Kier molecular flexibility index (Phi) is 15.6. The zero-order valence-corrected chi connectivity index (χ0v) is 46.0. The second-order valence-electron chi connectivity index (χ2n) is 21.8. The molecule has 23 heteroatoms. The predicted molar refractivity (Wildman–Crippen MR) is 296 cm³/mol. The van der Waals surface area contributed by atoms with Crippen molar-refractivity contribution in [2.75, 3.05) is 63.1 Å². The van der Waals surface area contributed by atoms with E-state index in [0.717, 1.165) is 24.2 Å². The molecule has 2 amide bonds. The van der Waals surface area contributed by atoms with Gasteiger partial charge in [-0.15, -0.1) is 11.3 Å². The van der Waals surface area contributed by atoms with Gasteiger partial charge in [-0.3, -0.25) is 14.5 Å². The van der Waals surface area contributed by atoms with Gasteiger partial charge in [-0.05, 0) is 84.6 Å². The van der Waals surface area contributed by atoms with Gasteiger partial charge >= 0.3 is 6.01 Å². The molecule has 2 unspecified atom stereocenters. The van der Waals surface area contributed by atoms with Crippen LogP contribution in [0, 0.1) is 40.5 Å². The van der Waals surface area contributed by atoms with Gasteiger partial charge in [0.05, 0.1) is 33.0 Å². The van der Waals surface area contributed by atoms with E-state index in [1.54, 1.807) is 51.1 Å². The van der Waals surface area contributed by atoms with Crippen molar-refractivity contribution in [1.82, 2.24) is 35.6 Å². The maximum atomic E-state index is 17.2. The Hall–Kier alpha value is -7.16. The molecule has 3 aromatic heterocycles. The van der Waals surface area contributed by atoms with Gasteiger partial charge in [0.15, 0.2) is 11.6 Å². The fourth-order valence-electron chi connectivity index (χ4n) is 11.8. The molecule has 4 saturated heterocycles. The quantitative estimate of drug-likeness (QED) is 0.0665. The number of nitrogen functional groups attached to an aromatic ring is 1. The van der Waals surface area contributed by atoms with Crippen molar-refractivity contribution in [3.8, 4) is 40.2 Å². The number of nitrogens with zero attached hydrogens (tertiary/aromatic N) is 7. The summed E-state index contributed by atoms with van der Waals surface area (Å²) in [5, 5.41) is 31.9. The molecule has 16 nitrogen and oxygen atoms in total. The van der Waals surface area contributed by atoms with Crippen LogP contribution in [-0.4, -0.2) is 124 Å². The number of β-amino-alcohol motifs (C(OH)–C–C–N with tert-alkyl or cyclic N) is 1. The third-order valence-corrected chi connectivity index (χ3v) is 17.4. The maximum Gasteiger partial charge on any atom is 0.319 e. The molecular formula is C58H58ClF5N10O6S. The van der Waals surface area contributed by atoms with Crippen LogP contribution < -0.4 is 30.7 Å². The number of piperazine rings is 1. The number of alkyl halides is 1. The first-order valence-electron chi connectivity index (χ1n) is 26.9. The molecule has 11 rings (SSSR count). The normalized spacial score (nSPS) is 20.7. The summed E-state index contributed by atoms with van der Waals surface area (Å²) in [6, 6.07) is 16.5. The highest BCUT2D eigenvalue weighted by Gasteiger charge is 2.44. The Bertz CT molecular complexity index is 3560. The third-order valence-electron chi connectivity index (χ3n) is 16.1. The van der Waals surface area contributed by atoms with Gasteiger partial charge in [0, 0.05) is 80.2 Å². The van der Waals surface area contributed by atoms with Crippen molar-refractivity contribution < 1.29 is 50.6 Å². The molecule has 7 heterocycles. The van der Waals surface area contributed by atoms with E-state index in [9.17, 15) is 28.7 Å². The number of halogens is 6. The molecule has 0 spiro atoms. The number of aliphatic hydroxyl groups excluding tert-OH is 1. The summed E-state index contributed by atoms with van der Waals surface area (Å²) in [7, 11) is 0. The van der Waals surface area contributed by atoms with Gasteiger partial charge in [0.25, 0.3) is 5.88 Å². The number of anilines is 2. The number of nitriles is 1. The number of aliphatic hydroxyl groups is 1. The number of aromatic nitrogens is 3. The predicted octanol–water partition coefficient (Wildman–Crippen LogP) is 9.61. The SMILES string of the molecule is CC(C)[C@@H](C(=O)N1C[C@H](O)C[C@H]1C(=O)N[C@@H](C)c1ccc(-c2c(F)cccc2F)cc1)c1cc(OCC2(F)CCN(CCOc3nc(N4CC5CCC(C4)N5)c4cc(Cl)c(-c5ccc(F)c6sc(N)c(C#N)c56)c(F)c4n3)CC2)no1. The standard InChI is InChI=1S/C58H58ClF5N10O6S/c1-29(2)46(56(77)74-27-35(75)21-43(74)55(76)67-30(3)31-7-9-32(10-8-31)47-40(60)5-4-6-41(47)61)44-23-45(71-80-44)79-28-58(64)15-17-72(18-16-58)19-20-78-57-69-51-37(54(70-57)73-25-33-11-12-34(26-73)68-33)22-39(59)49(50(51)63)36-13-14-42(62)52-48(36)38(24-65)53(66)81-52/h4-10,13-14,22-23,29-30,33-35,43,46,68,75H,11-12,15-21,25-28,66H2,1-3H3,(H,67,76)/t30-,33?,34?,35+,43-,46+/m0/s1. The van der Waals surface area contributed by atoms with E-state index >= 15 is 13.2 Å². The number of ether oxygens (including phenoxy) is 2. The van der Waals surface area contributed by atoms with Gasteiger partial charge in [-0.25, -0.2) is 22.0 Å². The Balaban J connectivity index is 0.715. The first-order chi connectivity index (χ1) is 38.9. The number of nitrogens with two attached hydrogens (primary N) is 1. The Morgan fingerprint density at radius 3 is 2.38 bits per heavy atom. The highest BCUT2D eigenvalue weighted by Crippen LogP contribution is 2.46. The Morgan fingerprint density at radius 1 is 0.975 bits per heavy atom. The summed E-state index contributed by atoms with van der Waals surface area (Å²) in [6.45, 7) is 7.28. The summed E-state index contributed by atoms with van der Waals surface area (Å²) in [5.74, 6) is -4.48. The lowest BCUT2D eigenvalue weighted by Crippen LogP contribution is -2.51. The fourth-order valence-corrected chi connectivity index (χ4v) is 13.0. The molecule has 7 aromatic rings. The van der Waals surface area contributed by atoms with Crippen LogP contribution in [0.15, 0.2) is 71.3 Å². The van der Waals surface area contributed by atoms with E-state index in [-0.39, 0.29) is 123 Å². The summed E-state index contributed by atoms with van der Waals surface area (Å²) >= 11 is 7.80. The molecule has 5 N–H and O–H groups in total. The topological polar surface area (TPSA) is 208 Å². The summed E-state index contributed by atoms with van der Waals surface area (Å²) in [6.07, 6.45) is 1.20. The molecule has 6 atom stereocenters. The van der Waals surface area contributed by atoms with Gasteiger partial charge in [-0.2, -0.15) is 15.2 Å². The monoisotopic (exact) mass is 1150 g/mol. The first-order valence-corrected chi connectivity index (χ1v) is 28.1. The largest absolute Gasteiger partial charge is 0.472 e. The minimum absolute atomic E-state index is 0.00609. The average molecular weight is 1150 g/mol. The molecule has 4 aliphatic heterocycles. The van der Waals surface area contributed by atoms with Crippen LogP contribution in [0.3, 0.4) is 0 Å². The fraction of sp³-hybridized carbons (Fsp3) is 0.414. The second kappa shape index (κ2) is 22.6. The van der Waals surface area contributed by atoms with Crippen LogP contribution in [0.2, 0.25) is 5.02 Å². The highest BCUT2D eigenvalue weighted by atomic mass is 35.5. The summed E-state index contributed by atoms with van der Waals surface area (Å²) in [4.78, 5) is 42.9. The van der Waals surface area contributed by atoms with Crippen molar-refractivity contribution in [3.05, 3.63) is 112 Å². The number of carbonyl (C=O) groups excluding carboxylic acids is 2. The summed E-state index contributed by atoms with van der Waals surface area (Å²) < 4.78 is 95.3. The maximum absolute atomic E-state index is 17.2. The van der Waals surface area contributed by atoms with Crippen LogP contribution in [0.5, 0.6) is 11.9 Å². The van der Waals surface area contributed by atoms with Crippen molar-refractivity contribution in [1.29, 1.82) is 5.26 Å². The number of hydrogen-bond donors (Lipinski definition) is 4. The molecule has 81 heavy (non-hydrogen) atoms. The van der Waals surface area contributed by atoms with Crippen LogP contribution in [0.1, 0.15) is 81.7 Å². The van der Waals surface area contributed by atoms with Crippen LogP contribution in [-0.2, 0) is 9.59 Å².